The first-order chi connectivity index (χ1) is 10.0. The fourth-order valence-corrected chi connectivity index (χ4v) is 1.83. The van der Waals surface area contributed by atoms with E-state index < -0.39 is 11.0 Å². The zero-order valence-electron chi connectivity index (χ0n) is 11.6. The molecule has 21 heavy (non-hydrogen) atoms. The number of hydrogen-bond donors (Lipinski definition) is 1. The molecular weight excluding hydrogens is 274 g/mol. The maximum absolute atomic E-state index is 10.9. The third-order valence-corrected chi connectivity index (χ3v) is 2.95. The van der Waals surface area contributed by atoms with Crippen LogP contribution in [0.3, 0.4) is 0 Å². The van der Waals surface area contributed by atoms with Crippen LogP contribution in [0.1, 0.15) is 18.6 Å². The largest absolute Gasteiger partial charge is 0.490 e. The maximum atomic E-state index is 10.9. The zero-order valence-corrected chi connectivity index (χ0v) is 11.6. The van der Waals surface area contributed by atoms with Crippen LogP contribution in [0.4, 0.5) is 5.69 Å². The van der Waals surface area contributed by atoms with E-state index in [1.54, 1.807) is 37.3 Å². The number of aliphatic hydroxyl groups excluding tert-OH is 1. The van der Waals surface area contributed by atoms with Crippen LogP contribution in [0, 0.1) is 10.1 Å². The van der Waals surface area contributed by atoms with Gasteiger partial charge >= 0.3 is 5.69 Å². The van der Waals surface area contributed by atoms with E-state index in [9.17, 15) is 15.2 Å². The first-order valence-electron chi connectivity index (χ1n) is 6.29. The minimum atomic E-state index is -0.555. The van der Waals surface area contributed by atoms with Gasteiger partial charge in [0.15, 0.2) is 5.75 Å². The molecule has 110 valence electrons. The Morgan fingerprint density at radius 2 is 1.76 bits per heavy atom. The van der Waals surface area contributed by atoms with Crippen molar-refractivity contribution in [2.75, 3.05) is 7.11 Å². The SMILES string of the molecule is COc1ccc(Oc2ccc([C@@H](C)O)cc2)cc1[N+](=O)[O-]. The Labute approximate surface area is 121 Å². The number of nitrogens with zero attached hydrogens (tertiary/aromatic N) is 1. The second kappa shape index (κ2) is 6.23. The molecule has 0 fully saturated rings. The monoisotopic (exact) mass is 289 g/mol. The minimum absolute atomic E-state index is 0.157. The van der Waals surface area contributed by atoms with Gasteiger partial charge in [0.05, 0.1) is 24.2 Å². The van der Waals surface area contributed by atoms with Crippen LogP contribution in [0.25, 0.3) is 0 Å². The molecule has 1 N–H and O–H groups in total. The number of benzene rings is 2. The van der Waals surface area contributed by atoms with E-state index in [0.29, 0.717) is 11.5 Å². The second-order valence-electron chi connectivity index (χ2n) is 4.44. The lowest BCUT2D eigenvalue weighted by atomic mass is 10.1. The van der Waals surface area contributed by atoms with E-state index >= 15 is 0 Å². The van der Waals surface area contributed by atoms with Crippen molar-refractivity contribution in [1.29, 1.82) is 0 Å². The molecule has 6 nitrogen and oxygen atoms in total. The molecule has 0 aliphatic carbocycles. The summed E-state index contributed by atoms with van der Waals surface area (Å²) in [7, 11) is 1.37. The predicted molar refractivity (Wildman–Crippen MR) is 76.8 cm³/mol. The van der Waals surface area contributed by atoms with Crippen molar-refractivity contribution in [3.05, 3.63) is 58.1 Å². The lowest BCUT2D eigenvalue weighted by Gasteiger charge is -2.09. The Morgan fingerprint density at radius 3 is 2.29 bits per heavy atom. The highest BCUT2D eigenvalue weighted by Crippen LogP contribution is 2.33. The van der Waals surface area contributed by atoms with Crippen molar-refractivity contribution < 1.29 is 19.5 Å². The van der Waals surface area contributed by atoms with Gasteiger partial charge in [-0.2, -0.15) is 0 Å². The average molecular weight is 289 g/mol. The standard InChI is InChI=1S/C15H15NO5/c1-10(17)11-3-5-12(6-4-11)21-13-7-8-15(20-2)14(9-13)16(18)19/h3-10,17H,1-2H3/t10-/m1/s1. The molecule has 0 aromatic heterocycles. The molecule has 0 aliphatic rings. The number of aliphatic hydroxyl groups is 1. The molecule has 6 heteroatoms. The van der Waals surface area contributed by atoms with Crippen LogP contribution in [0.5, 0.6) is 17.2 Å². The van der Waals surface area contributed by atoms with Crippen LogP contribution < -0.4 is 9.47 Å². The normalized spacial score (nSPS) is 11.8. The summed E-state index contributed by atoms with van der Waals surface area (Å²) in [6, 6.07) is 11.2. The van der Waals surface area contributed by atoms with Crippen molar-refractivity contribution in [3.63, 3.8) is 0 Å². The van der Waals surface area contributed by atoms with E-state index in [2.05, 4.69) is 0 Å². The molecule has 1 atom stereocenters. The van der Waals surface area contributed by atoms with Gasteiger partial charge in [0.2, 0.25) is 0 Å². The van der Waals surface area contributed by atoms with Gasteiger partial charge in [-0.05, 0) is 36.8 Å². The number of nitro benzene ring substituents is 1. The smallest absolute Gasteiger partial charge is 0.314 e. The van der Waals surface area contributed by atoms with E-state index in [1.165, 1.54) is 19.2 Å². The summed E-state index contributed by atoms with van der Waals surface area (Å²) in [5.74, 6) is 1.04. The van der Waals surface area contributed by atoms with Crippen molar-refractivity contribution in [2.45, 2.75) is 13.0 Å². The molecule has 0 unspecified atom stereocenters. The Morgan fingerprint density at radius 1 is 1.14 bits per heavy atom. The third kappa shape index (κ3) is 3.49. The van der Waals surface area contributed by atoms with Crippen LogP contribution in [0.15, 0.2) is 42.5 Å². The summed E-state index contributed by atoms with van der Waals surface area (Å²) in [5, 5.41) is 20.4. The van der Waals surface area contributed by atoms with Gasteiger partial charge in [0, 0.05) is 0 Å². The van der Waals surface area contributed by atoms with Gasteiger partial charge in [-0.1, -0.05) is 12.1 Å². The third-order valence-electron chi connectivity index (χ3n) is 2.95. The van der Waals surface area contributed by atoms with E-state index in [0.717, 1.165) is 5.56 Å². The number of nitro groups is 1. The number of hydrogen-bond acceptors (Lipinski definition) is 5. The molecule has 2 aromatic carbocycles. The highest BCUT2D eigenvalue weighted by molar-refractivity contribution is 5.51. The summed E-state index contributed by atoms with van der Waals surface area (Å²) < 4.78 is 10.5. The predicted octanol–water partition coefficient (Wildman–Crippen LogP) is 3.45. The first kappa shape index (κ1) is 14.8. The lowest BCUT2D eigenvalue weighted by molar-refractivity contribution is -0.385. The van der Waals surface area contributed by atoms with Crippen LogP contribution in [0.2, 0.25) is 0 Å². The minimum Gasteiger partial charge on any atom is -0.490 e. The molecule has 0 aliphatic heterocycles. The Hall–Kier alpha value is -2.60. The summed E-state index contributed by atoms with van der Waals surface area (Å²) in [5.41, 5.74) is 0.610. The summed E-state index contributed by atoms with van der Waals surface area (Å²) in [6.07, 6.45) is -0.555. The molecule has 0 bridgehead atoms. The van der Waals surface area contributed by atoms with Crippen molar-refractivity contribution in [3.8, 4) is 17.2 Å². The maximum Gasteiger partial charge on any atom is 0.314 e. The molecule has 0 heterocycles. The van der Waals surface area contributed by atoms with E-state index in [4.69, 9.17) is 9.47 Å². The Balaban J connectivity index is 2.23. The Kier molecular flexibility index (Phi) is 4.39. The van der Waals surface area contributed by atoms with Crippen LogP contribution in [-0.4, -0.2) is 17.1 Å². The average Bonchev–Trinajstić information content (AvgIpc) is 2.47. The molecule has 0 radical (unpaired) electrons. The van der Waals surface area contributed by atoms with Gasteiger partial charge in [-0.3, -0.25) is 10.1 Å². The molecule has 0 saturated heterocycles. The van der Waals surface area contributed by atoms with Gasteiger partial charge in [0.25, 0.3) is 0 Å². The van der Waals surface area contributed by atoms with Crippen LogP contribution >= 0.6 is 0 Å². The summed E-state index contributed by atoms with van der Waals surface area (Å²) in [4.78, 5) is 10.4. The summed E-state index contributed by atoms with van der Waals surface area (Å²) >= 11 is 0. The van der Waals surface area contributed by atoms with Crippen molar-refractivity contribution >= 4 is 5.69 Å². The number of ether oxygens (including phenoxy) is 2. The van der Waals surface area contributed by atoms with Gasteiger partial charge in [0.1, 0.15) is 11.5 Å². The topological polar surface area (TPSA) is 81.8 Å². The molecule has 0 spiro atoms. The molecule has 2 rings (SSSR count). The fourth-order valence-electron chi connectivity index (χ4n) is 1.83. The lowest BCUT2D eigenvalue weighted by Crippen LogP contribution is -1.95. The molecule has 0 saturated carbocycles. The summed E-state index contributed by atoms with van der Waals surface area (Å²) in [6.45, 7) is 1.67. The number of methoxy groups -OCH3 is 1. The van der Waals surface area contributed by atoms with Crippen LogP contribution in [-0.2, 0) is 0 Å². The van der Waals surface area contributed by atoms with Gasteiger partial charge in [-0.15, -0.1) is 0 Å². The van der Waals surface area contributed by atoms with E-state index in [-0.39, 0.29) is 11.4 Å². The van der Waals surface area contributed by atoms with Gasteiger partial charge < -0.3 is 14.6 Å². The number of rotatable bonds is 5. The molecular formula is C15H15NO5. The Bertz CT molecular complexity index is 637. The van der Waals surface area contributed by atoms with Crippen molar-refractivity contribution in [1.82, 2.24) is 0 Å². The zero-order chi connectivity index (χ0) is 15.4. The highest BCUT2D eigenvalue weighted by Gasteiger charge is 2.16. The highest BCUT2D eigenvalue weighted by atomic mass is 16.6. The van der Waals surface area contributed by atoms with Gasteiger partial charge in [-0.25, -0.2) is 0 Å². The molecule has 2 aromatic rings. The molecule has 0 amide bonds. The quantitative estimate of drug-likeness (QED) is 0.673. The van der Waals surface area contributed by atoms with Crippen molar-refractivity contribution in [2.24, 2.45) is 0 Å². The second-order valence-corrected chi connectivity index (χ2v) is 4.44. The first-order valence-corrected chi connectivity index (χ1v) is 6.29. The fraction of sp³-hybridized carbons (Fsp3) is 0.200. The van der Waals surface area contributed by atoms with E-state index in [1.807, 2.05) is 0 Å².